The van der Waals surface area contributed by atoms with E-state index in [0.717, 1.165) is 5.69 Å². The minimum atomic E-state index is -4.95. The van der Waals surface area contributed by atoms with Crippen LogP contribution in [0.1, 0.15) is 15.9 Å². The first-order valence-electron chi connectivity index (χ1n) is 7.70. The van der Waals surface area contributed by atoms with Crippen molar-refractivity contribution in [3.05, 3.63) is 59.7 Å². The van der Waals surface area contributed by atoms with Crippen molar-refractivity contribution < 1.29 is 22.8 Å². The second-order valence-electron chi connectivity index (χ2n) is 5.73. The predicted molar refractivity (Wildman–Crippen MR) is 93.1 cm³/mol. The van der Waals surface area contributed by atoms with Gasteiger partial charge < -0.3 is 15.5 Å². The minimum absolute atomic E-state index is 0.330. The minimum Gasteiger partial charge on any atom is -0.378 e. The number of amides is 2. The molecule has 2 aromatic carbocycles. The van der Waals surface area contributed by atoms with Crippen LogP contribution in [0.5, 0.6) is 0 Å². The number of nitrogens with zero attached hydrogens (tertiary/aromatic N) is 1. The number of para-hydroxylation sites is 1. The number of rotatable bonds is 5. The number of alkyl halides is 3. The summed E-state index contributed by atoms with van der Waals surface area (Å²) in [5.41, 5.74) is 2.03. The Balaban J connectivity index is 2.09. The van der Waals surface area contributed by atoms with Crippen LogP contribution in [0.15, 0.2) is 48.5 Å². The summed E-state index contributed by atoms with van der Waals surface area (Å²) in [6.07, 6.45) is -4.95. The van der Waals surface area contributed by atoms with E-state index in [-0.39, 0.29) is 6.54 Å². The Hall–Kier alpha value is -3.03. The lowest BCUT2D eigenvalue weighted by Crippen LogP contribution is -2.36. The summed E-state index contributed by atoms with van der Waals surface area (Å²) in [7, 11) is 3.75. The third kappa shape index (κ3) is 4.98. The average molecular weight is 365 g/mol. The van der Waals surface area contributed by atoms with Crippen LogP contribution in [0.3, 0.4) is 0 Å². The number of benzene rings is 2. The predicted octanol–water partition coefficient (Wildman–Crippen LogP) is 3.18. The lowest BCUT2D eigenvalue weighted by atomic mass is 10.1. The molecule has 8 heteroatoms. The maximum absolute atomic E-state index is 12.4. The Morgan fingerprint density at radius 1 is 1.00 bits per heavy atom. The van der Waals surface area contributed by atoms with E-state index in [4.69, 9.17) is 0 Å². The van der Waals surface area contributed by atoms with E-state index >= 15 is 0 Å². The fraction of sp³-hybridized carbons (Fsp3) is 0.222. The van der Waals surface area contributed by atoms with E-state index in [1.54, 1.807) is 47.8 Å². The lowest BCUT2D eigenvalue weighted by molar-refractivity contribution is -0.173. The first-order chi connectivity index (χ1) is 12.2. The summed E-state index contributed by atoms with van der Waals surface area (Å²) >= 11 is 0. The van der Waals surface area contributed by atoms with Crippen molar-refractivity contribution in [3.63, 3.8) is 0 Å². The van der Waals surface area contributed by atoms with Gasteiger partial charge in [0.15, 0.2) is 0 Å². The van der Waals surface area contributed by atoms with Gasteiger partial charge >= 0.3 is 12.1 Å². The molecule has 0 heterocycles. The van der Waals surface area contributed by atoms with E-state index in [1.165, 1.54) is 6.07 Å². The summed E-state index contributed by atoms with van der Waals surface area (Å²) in [6.45, 7) is -0.353. The van der Waals surface area contributed by atoms with Gasteiger partial charge in [-0.1, -0.05) is 18.2 Å². The van der Waals surface area contributed by atoms with Crippen molar-refractivity contribution in [1.29, 1.82) is 0 Å². The molecular weight excluding hydrogens is 347 g/mol. The third-order valence-corrected chi connectivity index (χ3v) is 3.61. The van der Waals surface area contributed by atoms with E-state index in [0.29, 0.717) is 16.8 Å². The van der Waals surface area contributed by atoms with Gasteiger partial charge in [0.25, 0.3) is 5.91 Å². The SMILES string of the molecule is CN(C)c1ccc(C(=O)Nc2ccccc2CNC(=O)C(F)(F)F)cc1. The Morgan fingerprint density at radius 2 is 1.62 bits per heavy atom. The Morgan fingerprint density at radius 3 is 2.19 bits per heavy atom. The van der Waals surface area contributed by atoms with Gasteiger partial charge in [0.2, 0.25) is 0 Å². The molecule has 5 nitrogen and oxygen atoms in total. The van der Waals surface area contributed by atoms with Crippen LogP contribution in [-0.4, -0.2) is 32.1 Å². The first-order valence-corrected chi connectivity index (χ1v) is 7.70. The van der Waals surface area contributed by atoms with Gasteiger partial charge in [0.1, 0.15) is 0 Å². The molecule has 0 saturated carbocycles. The van der Waals surface area contributed by atoms with Crippen LogP contribution in [0.2, 0.25) is 0 Å². The molecule has 0 aliphatic carbocycles. The van der Waals surface area contributed by atoms with Gasteiger partial charge in [0.05, 0.1) is 0 Å². The number of carbonyl (C=O) groups is 2. The summed E-state index contributed by atoms with van der Waals surface area (Å²) < 4.78 is 36.9. The molecule has 2 amide bonds. The van der Waals surface area contributed by atoms with Gasteiger partial charge in [0, 0.05) is 37.6 Å². The van der Waals surface area contributed by atoms with Gasteiger partial charge in [-0.2, -0.15) is 13.2 Å². The van der Waals surface area contributed by atoms with Gasteiger partial charge in [-0.05, 0) is 35.9 Å². The highest BCUT2D eigenvalue weighted by Crippen LogP contribution is 2.19. The topological polar surface area (TPSA) is 61.4 Å². The molecular formula is C18H18F3N3O2. The monoisotopic (exact) mass is 365 g/mol. The molecule has 0 saturated heterocycles. The first kappa shape index (κ1) is 19.3. The standard InChI is InChI=1S/C18H18F3N3O2/c1-24(2)14-9-7-12(8-10-14)16(25)23-15-6-4-3-5-13(15)11-22-17(26)18(19,20)21/h3-10H,11H2,1-2H3,(H,22,26)(H,23,25). The number of halogens is 3. The second kappa shape index (κ2) is 7.90. The van der Waals surface area contributed by atoms with Crippen LogP contribution < -0.4 is 15.5 Å². The molecule has 0 fully saturated rings. The molecule has 2 rings (SSSR count). The van der Waals surface area contributed by atoms with Crippen LogP contribution in [0, 0.1) is 0 Å². The number of anilines is 2. The fourth-order valence-electron chi connectivity index (χ4n) is 2.18. The molecule has 0 bridgehead atoms. The number of hydrogen-bond acceptors (Lipinski definition) is 3. The summed E-state index contributed by atoms with van der Waals surface area (Å²) in [6, 6.07) is 13.2. The fourth-order valence-corrected chi connectivity index (χ4v) is 2.18. The molecule has 0 aliphatic rings. The summed E-state index contributed by atoms with van der Waals surface area (Å²) in [5.74, 6) is -2.43. The maximum Gasteiger partial charge on any atom is 0.471 e. The van der Waals surface area contributed by atoms with E-state index in [9.17, 15) is 22.8 Å². The number of hydrogen-bond donors (Lipinski definition) is 2. The van der Waals surface area contributed by atoms with Crippen LogP contribution >= 0.6 is 0 Å². The molecule has 0 spiro atoms. The highest BCUT2D eigenvalue weighted by molar-refractivity contribution is 6.04. The highest BCUT2D eigenvalue weighted by Gasteiger charge is 2.38. The molecule has 0 unspecified atom stereocenters. The van der Waals surface area contributed by atoms with Crippen molar-refractivity contribution in [3.8, 4) is 0 Å². The highest BCUT2D eigenvalue weighted by atomic mass is 19.4. The molecule has 138 valence electrons. The molecule has 0 aromatic heterocycles. The smallest absolute Gasteiger partial charge is 0.378 e. The largest absolute Gasteiger partial charge is 0.471 e. The van der Waals surface area contributed by atoms with Crippen molar-refractivity contribution in [2.45, 2.75) is 12.7 Å². The molecule has 0 atom stereocenters. The normalized spacial score (nSPS) is 11.0. The summed E-state index contributed by atoms with van der Waals surface area (Å²) in [5, 5.41) is 4.44. The quantitative estimate of drug-likeness (QED) is 0.856. The van der Waals surface area contributed by atoms with E-state index in [1.807, 2.05) is 19.0 Å². The van der Waals surface area contributed by atoms with Crippen LogP contribution in [0.4, 0.5) is 24.5 Å². The van der Waals surface area contributed by atoms with Crippen molar-refractivity contribution in [2.75, 3.05) is 24.3 Å². The zero-order valence-corrected chi connectivity index (χ0v) is 14.2. The van der Waals surface area contributed by atoms with E-state index in [2.05, 4.69) is 5.32 Å². The van der Waals surface area contributed by atoms with Crippen LogP contribution in [-0.2, 0) is 11.3 Å². The Kier molecular flexibility index (Phi) is 5.86. The van der Waals surface area contributed by atoms with Crippen LogP contribution in [0.25, 0.3) is 0 Å². The Bertz CT molecular complexity index is 787. The number of carbonyl (C=O) groups excluding carboxylic acids is 2. The summed E-state index contributed by atoms with van der Waals surface area (Å²) in [4.78, 5) is 25.2. The zero-order chi connectivity index (χ0) is 19.3. The van der Waals surface area contributed by atoms with Gasteiger partial charge in [-0.15, -0.1) is 0 Å². The maximum atomic E-state index is 12.4. The molecule has 0 aliphatic heterocycles. The lowest BCUT2D eigenvalue weighted by Gasteiger charge is -2.14. The van der Waals surface area contributed by atoms with Gasteiger partial charge in [-0.25, -0.2) is 0 Å². The third-order valence-electron chi connectivity index (χ3n) is 3.61. The van der Waals surface area contributed by atoms with E-state index < -0.39 is 18.0 Å². The van der Waals surface area contributed by atoms with Crippen molar-refractivity contribution in [2.24, 2.45) is 0 Å². The molecule has 0 radical (unpaired) electrons. The average Bonchev–Trinajstić information content (AvgIpc) is 2.59. The zero-order valence-electron chi connectivity index (χ0n) is 14.2. The van der Waals surface area contributed by atoms with Crippen molar-refractivity contribution >= 4 is 23.2 Å². The molecule has 2 N–H and O–H groups in total. The number of nitrogens with one attached hydrogen (secondary N) is 2. The molecule has 26 heavy (non-hydrogen) atoms. The van der Waals surface area contributed by atoms with Gasteiger partial charge in [-0.3, -0.25) is 9.59 Å². The Labute approximate surface area is 148 Å². The van der Waals surface area contributed by atoms with Crippen molar-refractivity contribution in [1.82, 2.24) is 5.32 Å². The second-order valence-corrected chi connectivity index (χ2v) is 5.73. The molecule has 2 aromatic rings.